The smallest absolute Gasteiger partial charge is 0.0994 e. The molecule has 0 aliphatic heterocycles. The highest BCUT2D eigenvalue weighted by Gasteiger charge is 2.31. The number of thiophene rings is 1. The van der Waals surface area contributed by atoms with Crippen molar-refractivity contribution in [3.63, 3.8) is 0 Å². The van der Waals surface area contributed by atoms with E-state index in [1.165, 1.54) is 10.1 Å². The Morgan fingerprint density at radius 3 is 2.50 bits per heavy atom. The van der Waals surface area contributed by atoms with Crippen molar-refractivity contribution < 1.29 is 5.11 Å². The summed E-state index contributed by atoms with van der Waals surface area (Å²) >= 11 is 5.27. The largest absolute Gasteiger partial charge is 0.384 e. The second kappa shape index (κ2) is 4.13. The Kier molecular flexibility index (Phi) is 3.12. The highest BCUT2D eigenvalue weighted by atomic mass is 79.9. The van der Waals surface area contributed by atoms with Crippen LogP contribution in [0.25, 0.3) is 10.1 Å². The number of aliphatic hydroxyl groups is 1. The van der Waals surface area contributed by atoms with Crippen molar-refractivity contribution in [1.29, 1.82) is 0 Å². The van der Waals surface area contributed by atoms with Gasteiger partial charge in [0.2, 0.25) is 0 Å². The molecule has 0 fully saturated rings. The molecule has 0 saturated carbocycles. The molecule has 1 heterocycles. The van der Waals surface area contributed by atoms with Crippen LogP contribution in [0.5, 0.6) is 0 Å². The minimum atomic E-state index is -0.775. The van der Waals surface area contributed by atoms with Gasteiger partial charge in [-0.2, -0.15) is 0 Å². The lowest BCUT2D eigenvalue weighted by Gasteiger charge is -2.27. The minimum Gasteiger partial charge on any atom is -0.384 e. The van der Waals surface area contributed by atoms with Crippen molar-refractivity contribution >= 4 is 37.4 Å². The molecule has 0 radical (unpaired) electrons. The molecule has 0 bridgehead atoms. The van der Waals surface area contributed by atoms with Crippen LogP contribution in [-0.2, 0) is 5.60 Å². The van der Waals surface area contributed by atoms with E-state index in [9.17, 15) is 5.11 Å². The van der Waals surface area contributed by atoms with Crippen molar-refractivity contribution in [2.45, 2.75) is 26.4 Å². The summed E-state index contributed by atoms with van der Waals surface area (Å²) in [5.41, 5.74) is -0.775. The monoisotopic (exact) mass is 298 g/mol. The summed E-state index contributed by atoms with van der Waals surface area (Å²) in [5, 5.41) is 11.7. The molecule has 2 rings (SSSR count). The predicted octanol–water partition coefficient (Wildman–Crippen LogP) is 4.53. The zero-order valence-corrected chi connectivity index (χ0v) is 12.0. The second-order valence-corrected chi connectivity index (χ2v) is 6.39. The third kappa shape index (κ3) is 1.81. The molecule has 1 aromatic carbocycles. The fourth-order valence-electron chi connectivity index (χ4n) is 1.60. The van der Waals surface area contributed by atoms with Crippen LogP contribution in [0.15, 0.2) is 28.7 Å². The summed E-state index contributed by atoms with van der Waals surface area (Å²) in [6.45, 7) is 5.96. The maximum Gasteiger partial charge on any atom is 0.0994 e. The number of halogens is 1. The van der Waals surface area contributed by atoms with Gasteiger partial charge < -0.3 is 5.11 Å². The molecule has 1 N–H and O–H groups in total. The molecule has 0 aliphatic carbocycles. The third-order valence-electron chi connectivity index (χ3n) is 3.12. The maximum absolute atomic E-state index is 10.5. The quantitative estimate of drug-likeness (QED) is 0.864. The predicted molar refractivity (Wildman–Crippen MR) is 73.9 cm³/mol. The first-order valence-electron chi connectivity index (χ1n) is 5.34. The normalized spacial score (nSPS) is 15.6. The molecule has 86 valence electrons. The number of hydrogen-bond donors (Lipinski definition) is 1. The SMILES string of the molecule is CC(C)C(C)(O)c1sc2ccccc2c1Br. The Labute approximate surface area is 108 Å². The van der Waals surface area contributed by atoms with Crippen LogP contribution in [0, 0.1) is 5.92 Å². The fourth-order valence-corrected chi connectivity index (χ4v) is 4.01. The molecule has 16 heavy (non-hydrogen) atoms. The molecule has 0 saturated heterocycles. The second-order valence-electron chi connectivity index (χ2n) is 4.54. The van der Waals surface area contributed by atoms with E-state index in [0.717, 1.165) is 9.35 Å². The zero-order valence-electron chi connectivity index (χ0n) is 9.62. The highest BCUT2D eigenvalue weighted by molar-refractivity contribution is 9.10. The van der Waals surface area contributed by atoms with E-state index >= 15 is 0 Å². The van der Waals surface area contributed by atoms with Gasteiger partial charge in [-0.25, -0.2) is 0 Å². The van der Waals surface area contributed by atoms with Gasteiger partial charge in [-0.3, -0.25) is 0 Å². The van der Waals surface area contributed by atoms with Crippen molar-refractivity contribution in [1.82, 2.24) is 0 Å². The average Bonchev–Trinajstić information content (AvgIpc) is 2.57. The summed E-state index contributed by atoms with van der Waals surface area (Å²) in [6.07, 6.45) is 0. The van der Waals surface area contributed by atoms with E-state index in [-0.39, 0.29) is 5.92 Å². The number of fused-ring (bicyclic) bond motifs is 1. The van der Waals surface area contributed by atoms with E-state index in [0.29, 0.717) is 0 Å². The van der Waals surface area contributed by atoms with Gasteiger partial charge in [-0.1, -0.05) is 32.0 Å². The van der Waals surface area contributed by atoms with Crippen molar-refractivity contribution in [2.24, 2.45) is 5.92 Å². The van der Waals surface area contributed by atoms with Gasteiger partial charge in [0.05, 0.1) is 10.5 Å². The molecule has 2 aromatic rings. The molecule has 1 atom stereocenters. The molecular weight excluding hydrogens is 284 g/mol. The Morgan fingerprint density at radius 1 is 1.31 bits per heavy atom. The molecule has 0 amide bonds. The lowest BCUT2D eigenvalue weighted by molar-refractivity contribution is 0.0121. The Hall–Kier alpha value is -0.380. The van der Waals surface area contributed by atoms with Gasteiger partial charge in [0.15, 0.2) is 0 Å². The van der Waals surface area contributed by atoms with Crippen molar-refractivity contribution in [2.75, 3.05) is 0 Å². The van der Waals surface area contributed by atoms with Crippen LogP contribution >= 0.6 is 27.3 Å². The zero-order chi connectivity index (χ0) is 11.9. The molecule has 1 nitrogen and oxygen atoms in total. The summed E-state index contributed by atoms with van der Waals surface area (Å²) in [5.74, 6) is 0.192. The van der Waals surface area contributed by atoms with Crippen LogP contribution < -0.4 is 0 Å². The topological polar surface area (TPSA) is 20.2 Å². The maximum atomic E-state index is 10.5. The van der Waals surface area contributed by atoms with Crippen molar-refractivity contribution in [3.8, 4) is 0 Å². The van der Waals surface area contributed by atoms with Crippen LogP contribution in [0.1, 0.15) is 25.6 Å². The van der Waals surface area contributed by atoms with Gasteiger partial charge in [0.1, 0.15) is 0 Å². The summed E-state index contributed by atoms with van der Waals surface area (Å²) < 4.78 is 2.25. The van der Waals surface area contributed by atoms with Gasteiger partial charge in [0, 0.05) is 14.6 Å². The van der Waals surface area contributed by atoms with E-state index in [4.69, 9.17) is 0 Å². The highest BCUT2D eigenvalue weighted by Crippen LogP contribution is 2.43. The first-order valence-corrected chi connectivity index (χ1v) is 6.95. The van der Waals surface area contributed by atoms with E-state index in [1.54, 1.807) is 11.3 Å². The molecule has 0 spiro atoms. The first kappa shape index (κ1) is 12.1. The van der Waals surface area contributed by atoms with Gasteiger partial charge in [-0.05, 0) is 34.8 Å². The van der Waals surface area contributed by atoms with Crippen molar-refractivity contribution in [3.05, 3.63) is 33.6 Å². The third-order valence-corrected chi connectivity index (χ3v) is 5.60. The summed E-state index contributed by atoms with van der Waals surface area (Å²) in [4.78, 5) is 1.02. The number of benzene rings is 1. The molecule has 1 aromatic heterocycles. The van der Waals surface area contributed by atoms with Gasteiger partial charge in [0.25, 0.3) is 0 Å². The lowest BCUT2D eigenvalue weighted by Crippen LogP contribution is -2.27. The summed E-state index contributed by atoms with van der Waals surface area (Å²) in [6, 6.07) is 8.22. The Balaban J connectivity index is 2.66. The van der Waals surface area contributed by atoms with Crippen LogP contribution in [0.3, 0.4) is 0 Å². The first-order chi connectivity index (χ1) is 7.44. The Bertz CT molecular complexity index is 514. The van der Waals surface area contributed by atoms with Crippen LogP contribution in [0.2, 0.25) is 0 Å². The fraction of sp³-hybridized carbons (Fsp3) is 0.385. The molecular formula is C13H15BrOS. The van der Waals surface area contributed by atoms with E-state index in [2.05, 4.69) is 28.1 Å². The van der Waals surface area contributed by atoms with Crippen LogP contribution in [0.4, 0.5) is 0 Å². The minimum absolute atomic E-state index is 0.192. The van der Waals surface area contributed by atoms with Crippen LogP contribution in [-0.4, -0.2) is 5.11 Å². The average molecular weight is 299 g/mol. The molecule has 0 aliphatic rings. The van der Waals surface area contributed by atoms with E-state index < -0.39 is 5.60 Å². The van der Waals surface area contributed by atoms with Gasteiger partial charge in [-0.15, -0.1) is 11.3 Å². The van der Waals surface area contributed by atoms with Gasteiger partial charge >= 0.3 is 0 Å². The Morgan fingerprint density at radius 2 is 1.94 bits per heavy atom. The number of hydrogen-bond acceptors (Lipinski definition) is 2. The standard InChI is InChI=1S/C13H15BrOS/c1-8(2)13(3,15)12-11(14)9-6-4-5-7-10(9)16-12/h4-8,15H,1-3H3. The summed E-state index contributed by atoms with van der Waals surface area (Å²) in [7, 11) is 0. The lowest BCUT2D eigenvalue weighted by atomic mass is 9.91. The molecule has 3 heteroatoms. The molecule has 1 unspecified atom stereocenters. The number of rotatable bonds is 2. The van der Waals surface area contributed by atoms with E-state index in [1.807, 2.05) is 32.9 Å².